The van der Waals surface area contributed by atoms with Crippen LogP contribution in [0.3, 0.4) is 0 Å². The van der Waals surface area contributed by atoms with Gasteiger partial charge in [-0.25, -0.2) is 9.97 Å². The summed E-state index contributed by atoms with van der Waals surface area (Å²) in [6.07, 6.45) is 2.80. The Morgan fingerprint density at radius 3 is 2.83 bits per heavy atom. The number of nitriles is 1. The monoisotopic (exact) mass is 162 g/mol. The molecule has 0 atom stereocenters. The third-order valence-corrected chi connectivity index (χ3v) is 1.10. The van der Waals surface area contributed by atoms with Gasteiger partial charge < -0.3 is 5.32 Å². The zero-order valence-corrected chi connectivity index (χ0v) is 6.40. The van der Waals surface area contributed by atoms with Gasteiger partial charge in [-0.1, -0.05) is 0 Å². The molecule has 0 saturated heterocycles. The fraction of sp³-hybridized carbons (Fsp3) is 0.143. The second-order valence-electron chi connectivity index (χ2n) is 2.05. The summed E-state index contributed by atoms with van der Waals surface area (Å²) in [7, 11) is 0. The molecule has 12 heavy (non-hydrogen) atoms. The van der Waals surface area contributed by atoms with E-state index in [4.69, 9.17) is 5.26 Å². The molecule has 0 saturated carbocycles. The molecule has 1 N–H and O–H groups in total. The first kappa shape index (κ1) is 8.14. The molecule has 1 aromatic rings. The van der Waals surface area contributed by atoms with Gasteiger partial charge in [0.25, 0.3) is 0 Å². The zero-order valence-electron chi connectivity index (χ0n) is 6.40. The van der Waals surface area contributed by atoms with Crippen LogP contribution in [-0.4, -0.2) is 15.9 Å². The Morgan fingerprint density at radius 2 is 2.25 bits per heavy atom. The molecule has 5 nitrogen and oxygen atoms in total. The van der Waals surface area contributed by atoms with Crippen molar-refractivity contribution in [1.82, 2.24) is 9.97 Å². The average Bonchev–Trinajstić information content (AvgIpc) is 2.04. The highest BCUT2D eigenvalue weighted by molar-refractivity contribution is 5.88. The molecule has 5 heteroatoms. The summed E-state index contributed by atoms with van der Waals surface area (Å²) in [6, 6.07) is 1.81. The van der Waals surface area contributed by atoms with Crippen LogP contribution in [0.15, 0.2) is 12.4 Å². The van der Waals surface area contributed by atoms with Crippen LogP contribution in [0, 0.1) is 11.3 Å². The summed E-state index contributed by atoms with van der Waals surface area (Å²) in [5.41, 5.74) is 0.118. The predicted molar refractivity (Wildman–Crippen MR) is 41.1 cm³/mol. The summed E-state index contributed by atoms with van der Waals surface area (Å²) >= 11 is 0. The third-order valence-electron chi connectivity index (χ3n) is 1.10. The standard InChI is InChI=1S/C7H6N4O/c1-5(12)11-7-6(4-8)9-2-3-10-7/h2-3H,1H3,(H,10,11,12). The molecule has 0 radical (unpaired) electrons. The number of aromatic nitrogens is 2. The molecular formula is C7H6N4O. The molecule has 1 amide bonds. The Morgan fingerprint density at radius 1 is 1.58 bits per heavy atom. The van der Waals surface area contributed by atoms with E-state index in [2.05, 4.69) is 15.3 Å². The minimum atomic E-state index is -0.271. The lowest BCUT2D eigenvalue weighted by molar-refractivity contribution is -0.114. The first-order valence-corrected chi connectivity index (χ1v) is 3.22. The number of hydrogen-bond donors (Lipinski definition) is 1. The second kappa shape index (κ2) is 3.44. The molecule has 0 aliphatic rings. The van der Waals surface area contributed by atoms with Crippen molar-refractivity contribution in [2.75, 3.05) is 5.32 Å². The van der Waals surface area contributed by atoms with Gasteiger partial charge in [-0.05, 0) is 0 Å². The van der Waals surface area contributed by atoms with E-state index in [0.717, 1.165) is 0 Å². The predicted octanol–water partition coefficient (Wildman–Crippen LogP) is 0.307. The SMILES string of the molecule is CC(=O)Nc1nccnc1C#N. The van der Waals surface area contributed by atoms with E-state index in [0.29, 0.717) is 0 Å². The maximum absolute atomic E-state index is 10.6. The van der Waals surface area contributed by atoms with Crippen LogP contribution in [-0.2, 0) is 4.79 Å². The molecule has 0 aromatic carbocycles. The van der Waals surface area contributed by atoms with Crippen LogP contribution < -0.4 is 5.32 Å². The number of anilines is 1. The fourth-order valence-electron chi connectivity index (χ4n) is 0.678. The van der Waals surface area contributed by atoms with Crippen LogP contribution in [0.25, 0.3) is 0 Å². The molecule has 0 spiro atoms. The van der Waals surface area contributed by atoms with E-state index < -0.39 is 0 Å². The van der Waals surface area contributed by atoms with E-state index in [9.17, 15) is 4.79 Å². The topological polar surface area (TPSA) is 78.7 Å². The smallest absolute Gasteiger partial charge is 0.222 e. The van der Waals surface area contributed by atoms with Crippen molar-refractivity contribution < 1.29 is 4.79 Å². The largest absolute Gasteiger partial charge is 0.309 e. The minimum Gasteiger partial charge on any atom is -0.309 e. The van der Waals surface area contributed by atoms with Crippen molar-refractivity contribution >= 4 is 11.7 Å². The average molecular weight is 162 g/mol. The first-order chi connectivity index (χ1) is 5.74. The van der Waals surface area contributed by atoms with E-state index in [1.165, 1.54) is 19.3 Å². The summed E-state index contributed by atoms with van der Waals surface area (Å²) in [5.74, 6) is -0.0699. The Balaban J connectivity index is 2.99. The molecule has 1 aromatic heterocycles. The van der Waals surface area contributed by atoms with Crippen molar-refractivity contribution in [2.24, 2.45) is 0 Å². The maximum Gasteiger partial charge on any atom is 0.222 e. The van der Waals surface area contributed by atoms with Gasteiger partial charge in [0.05, 0.1) is 0 Å². The number of nitrogens with zero attached hydrogens (tertiary/aromatic N) is 3. The molecule has 0 bridgehead atoms. The lowest BCUT2D eigenvalue weighted by Crippen LogP contribution is -2.09. The lowest BCUT2D eigenvalue weighted by atomic mass is 10.4. The Kier molecular flexibility index (Phi) is 2.33. The van der Waals surface area contributed by atoms with Crippen LogP contribution in [0.1, 0.15) is 12.6 Å². The van der Waals surface area contributed by atoms with Gasteiger partial charge in [-0.15, -0.1) is 0 Å². The molecule has 0 fully saturated rings. The van der Waals surface area contributed by atoms with Gasteiger partial charge in [0.1, 0.15) is 6.07 Å². The van der Waals surface area contributed by atoms with Crippen molar-refractivity contribution in [2.45, 2.75) is 6.92 Å². The van der Waals surface area contributed by atoms with Crippen molar-refractivity contribution in [3.05, 3.63) is 18.1 Å². The minimum absolute atomic E-state index is 0.118. The molecule has 1 rings (SSSR count). The van der Waals surface area contributed by atoms with Crippen LogP contribution in [0.4, 0.5) is 5.82 Å². The molecule has 0 unspecified atom stereocenters. The Hall–Kier alpha value is -1.96. The zero-order chi connectivity index (χ0) is 8.97. The molecule has 60 valence electrons. The van der Waals surface area contributed by atoms with Crippen LogP contribution in [0.5, 0.6) is 0 Å². The van der Waals surface area contributed by atoms with Gasteiger partial charge >= 0.3 is 0 Å². The van der Waals surface area contributed by atoms with Gasteiger partial charge in [-0.3, -0.25) is 4.79 Å². The van der Waals surface area contributed by atoms with Gasteiger partial charge in [-0.2, -0.15) is 5.26 Å². The number of carbonyl (C=O) groups is 1. The molecule has 1 heterocycles. The normalized spacial score (nSPS) is 8.67. The highest BCUT2D eigenvalue weighted by atomic mass is 16.1. The highest BCUT2D eigenvalue weighted by Crippen LogP contribution is 2.05. The number of rotatable bonds is 1. The highest BCUT2D eigenvalue weighted by Gasteiger charge is 2.03. The summed E-state index contributed by atoms with van der Waals surface area (Å²) in [5, 5.41) is 10.9. The second-order valence-corrected chi connectivity index (χ2v) is 2.05. The van der Waals surface area contributed by atoms with E-state index in [1.54, 1.807) is 0 Å². The van der Waals surface area contributed by atoms with E-state index in [-0.39, 0.29) is 17.4 Å². The van der Waals surface area contributed by atoms with Gasteiger partial charge in [0, 0.05) is 19.3 Å². The maximum atomic E-state index is 10.6. The molecule has 0 aliphatic heterocycles. The molecule has 0 aliphatic carbocycles. The number of hydrogen-bond acceptors (Lipinski definition) is 4. The van der Waals surface area contributed by atoms with Crippen molar-refractivity contribution in [3.63, 3.8) is 0 Å². The number of carbonyl (C=O) groups excluding carboxylic acids is 1. The summed E-state index contributed by atoms with van der Waals surface area (Å²) in [6.45, 7) is 1.34. The van der Waals surface area contributed by atoms with E-state index >= 15 is 0 Å². The quantitative estimate of drug-likeness (QED) is 0.644. The van der Waals surface area contributed by atoms with Crippen LogP contribution in [0.2, 0.25) is 0 Å². The van der Waals surface area contributed by atoms with Crippen molar-refractivity contribution in [3.8, 4) is 6.07 Å². The van der Waals surface area contributed by atoms with Gasteiger partial charge in [0.15, 0.2) is 11.5 Å². The number of amides is 1. The van der Waals surface area contributed by atoms with Crippen LogP contribution >= 0.6 is 0 Å². The first-order valence-electron chi connectivity index (χ1n) is 3.22. The molecular weight excluding hydrogens is 156 g/mol. The van der Waals surface area contributed by atoms with E-state index in [1.807, 2.05) is 6.07 Å². The third kappa shape index (κ3) is 1.76. The Labute approximate surface area is 69.1 Å². The van der Waals surface area contributed by atoms with Crippen molar-refractivity contribution in [1.29, 1.82) is 5.26 Å². The Bertz CT molecular complexity index is 342. The van der Waals surface area contributed by atoms with Gasteiger partial charge in [0.2, 0.25) is 5.91 Å². The summed E-state index contributed by atoms with van der Waals surface area (Å²) < 4.78 is 0. The summed E-state index contributed by atoms with van der Waals surface area (Å²) in [4.78, 5) is 18.1. The lowest BCUT2D eigenvalue weighted by Gasteiger charge is -1.99. The number of nitrogens with one attached hydrogen (secondary N) is 1. The fourth-order valence-corrected chi connectivity index (χ4v) is 0.678.